The van der Waals surface area contributed by atoms with Crippen molar-refractivity contribution >= 4 is 12.0 Å². The number of nitrogens with one attached hydrogen (secondary N) is 1. The molecule has 1 unspecified atom stereocenters. The molecule has 114 valence electrons. The maximum absolute atomic E-state index is 12.4. The molecular formula is C16H22N2O3. The first kappa shape index (κ1) is 15.4. The van der Waals surface area contributed by atoms with Crippen LogP contribution in [0, 0.1) is 0 Å². The van der Waals surface area contributed by atoms with Crippen molar-refractivity contribution in [3.63, 3.8) is 0 Å². The molecule has 1 atom stereocenters. The van der Waals surface area contributed by atoms with Gasteiger partial charge in [0.15, 0.2) is 0 Å². The van der Waals surface area contributed by atoms with Gasteiger partial charge in [-0.3, -0.25) is 0 Å². The van der Waals surface area contributed by atoms with E-state index in [1.807, 2.05) is 38.1 Å². The highest BCUT2D eigenvalue weighted by molar-refractivity contribution is 5.83. The van der Waals surface area contributed by atoms with E-state index in [0.717, 1.165) is 24.0 Å². The third-order valence-electron chi connectivity index (χ3n) is 4.11. The molecule has 0 bridgehead atoms. The highest BCUT2D eigenvalue weighted by Gasteiger charge is 2.34. The Bertz CT molecular complexity index is 526. The predicted molar refractivity (Wildman–Crippen MR) is 80.0 cm³/mol. The van der Waals surface area contributed by atoms with Gasteiger partial charge in [0.05, 0.1) is 0 Å². The highest BCUT2D eigenvalue weighted by atomic mass is 16.4. The van der Waals surface area contributed by atoms with Crippen LogP contribution < -0.4 is 5.32 Å². The topological polar surface area (TPSA) is 69.6 Å². The molecule has 2 rings (SSSR count). The van der Waals surface area contributed by atoms with Crippen LogP contribution in [-0.2, 0) is 17.8 Å². The largest absolute Gasteiger partial charge is 0.480 e. The van der Waals surface area contributed by atoms with Crippen LogP contribution in [0.5, 0.6) is 0 Å². The monoisotopic (exact) mass is 290 g/mol. The summed E-state index contributed by atoms with van der Waals surface area (Å²) in [6.07, 6.45) is 2.04. The van der Waals surface area contributed by atoms with Crippen LogP contribution in [-0.4, -0.2) is 34.1 Å². The number of fused-ring (bicyclic) bond motifs is 1. The maximum Gasteiger partial charge on any atom is 0.326 e. The molecule has 0 aromatic heterocycles. The third-order valence-corrected chi connectivity index (χ3v) is 4.11. The molecule has 1 aromatic rings. The Morgan fingerprint density at radius 3 is 2.48 bits per heavy atom. The second-order valence-electron chi connectivity index (χ2n) is 5.42. The summed E-state index contributed by atoms with van der Waals surface area (Å²) in [5.74, 6) is -0.954. The summed E-state index contributed by atoms with van der Waals surface area (Å²) in [6, 6.07) is 6.70. The summed E-state index contributed by atoms with van der Waals surface area (Å²) in [5, 5.41) is 12.3. The Balaban J connectivity index is 2.20. The van der Waals surface area contributed by atoms with Crippen LogP contribution in [0.3, 0.4) is 0 Å². The highest BCUT2D eigenvalue weighted by Crippen LogP contribution is 2.23. The molecule has 1 aliphatic rings. The first-order valence-electron chi connectivity index (χ1n) is 7.43. The molecule has 0 radical (unpaired) electrons. The minimum atomic E-state index is -0.954. The average molecular weight is 290 g/mol. The van der Waals surface area contributed by atoms with Crippen molar-refractivity contribution in [1.29, 1.82) is 0 Å². The van der Waals surface area contributed by atoms with Crippen molar-refractivity contribution in [3.05, 3.63) is 35.4 Å². The molecule has 5 heteroatoms. The zero-order valence-electron chi connectivity index (χ0n) is 12.5. The van der Waals surface area contributed by atoms with Gasteiger partial charge in [-0.05, 0) is 24.0 Å². The molecule has 2 N–H and O–H groups in total. The number of hydrogen-bond acceptors (Lipinski definition) is 2. The maximum atomic E-state index is 12.4. The third kappa shape index (κ3) is 3.35. The number of hydrogen-bond donors (Lipinski definition) is 2. The predicted octanol–water partition coefficient (Wildman–Crippen LogP) is 2.40. The van der Waals surface area contributed by atoms with Crippen LogP contribution in [0.2, 0.25) is 0 Å². The van der Waals surface area contributed by atoms with Crippen molar-refractivity contribution in [1.82, 2.24) is 10.2 Å². The second-order valence-corrected chi connectivity index (χ2v) is 5.42. The van der Waals surface area contributed by atoms with E-state index in [2.05, 4.69) is 5.32 Å². The lowest BCUT2D eigenvalue weighted by Crippen LogP contribution is -2.54. The van der Waals surface area contributed by atoms with E-state index in [1.54, 1.807) is 0 Å². The van der Waals surface area contributed by atoms with Gasteiger partial charge in [-0.25, -0.2) is 9.59 Å². The Morgan fingerprint density at radius 1 is 1.29 bits per heavy atom. The molecule has 0 saturated carbocycles. The van der Waals surface area contributed by atoms with Gasteiger partial charge in [0.2, 0.25) is 0 Å². The fraction of sp³-hybridized carbons (Fsp3) is 0.500. The Labute approximate surface area is 125 Å². The van der Waals surface area contributed by atoms with Crippen molar-refractivity contribution in [2.45, 2.75) is 51.7 Å². The lowest BCUT2D eigenvalue weighted by molar-refractivity contribution is -0.142. The zero-order chi connectivity index (χ0) is 15.4. The number of carboxylic acid groups (broad SMARTS) is 1. The molecule has 5 nitrogen and oxygen atoms in total. The van der Waals surface area contributed by atoms with Crippen LogP contribution >= 0.6 is 0 Å². The summed E-state index contributed by atoms with van der Waals surface area (Å²) < 4.78 is 0. The number of carbonyl (C=O) groups is 2. The Hall–Kier alpha value is -2.04. The second kappa shape index (κ2) is 6.61. The molecule has 21 heavy (non-hydrogen) atoms. The molecule has 0 saturated heterocycles. The molecule has 1 aromatic carbocycles. The van der Waals surface area contributed by atoms with E-state index in [9.17, 15) is 14.7 Å². The summed E-state index contributed by atoms with van der Waals surface area (Å²) in [4.78, 5) is 25.3. The van der Waals surface area contributed by atoms with E-state index < -0.39 is 12.0 Å². The standard InChI is InChI=1S/C16H22N2O3/c1-3-13(4-2)17-16(21)18-10-12-8-6-5-7-11(12)9-14(18)15(19)20/h5-8,13-14H,3-4,9-10H2,1-2H3,(H,17,21)(H,19,20). The van der Waals surface area contributed by atoms with E-state index in [4.69, 9.17) is 0 Å². The van der Waals surface area contributed by atoms with Gasteiger partial charge in [0.1, 0.15) is 6.04 Å². The van der Waals surface area contributed by atoms with Crippen molar-refractivity contribution in [2.75, 3.05) is 0 Å². The number of aliphatic carboxylic acids is 1. The van der Waals surface area contributed by atoms with E-state index in [-0.39, 0.29) is 12.1 Å². The van der Waals surface area contributed by atoms with Crippen molar-refractivity contribution < 1.29 is 14.7 Å². The summed E-state index contributed by atoms with van der Waals surface area (Å²) in [7, 11) is 0. The molecule has 0 spiro atoms. The Morgan fingerprint density at radius 2 is 1.90 bits per heavy atom. The molecule has 1 aliphatic heterocycles. The lowest BCUT2D eigenvalue weighted by Gasteiger charge is -2.35. The van der Waals surface area contributed by atoms with Gasteiger partial charge >= 0.3 is 12.0 Å². The number of carboxylic acids is 1. The summed E-state index contributed by atoms with van der Waals surface area (Å²) in [5.41, 5.74) is 2.03. The van der Waals surface area contributed by atoms with Crippen LogP contribution in [0.25, 0.3) is 0 Å². The molecule has 1 heterocycles. The number of nitrogens with zero attached hydrogens (tertiary/aromatic N) is 1. The number of rotatable bonds is 4. The van der Waals surface area contributed by atoms with Gasteiger partial charge in [0.25, 0.3) is 0 Å². The van der Waals surface area contributed by atoms with Crippen LogP contribution in [0.1, 0.15) is 37.8 Å². The lowest BCUT2D eigenvalue weighted by atomic mass is 9.94. The van der Waals surface area contributed by atoms with Gasteiger partial charge in [-0.1, -0.05) is 38.1 Å². The summed E-state index contributed by atoms with van der Waals surface area (Å²) in [6.45, 7) is 4.36. The fourth-order valence-corrected chi connectivity index (χ4v) is 2.71. The van der Waals surface area contributed by atoms with E-state index in [1.165, 1.54) is 4.90 Å². The number of amides is 2. The molecule has 2 amide bonds. The van der Waals surface area contributed by atoms with Gasteiger partial charge in [-0.15, -0.1) is 0 Å². The number of carbonyl (C=O) groups excluding carboxylic acids is 1. The van der Waals surface area contributed by atoms with Crippen molar-refractivity contribution in [2.24, 2.45) is 0 Å². The minimum Gasteiger partial charge on any atom is -0.480 e. The SMILES string of the molecule is CCC(CC)NC(=O)N1Cc2ccccc2CC1C(=O)O. The normalized spacial score (nSPS) is 17.5. The van der Waals surface area contributed by atoms with Crippen LogP contribution in [0.15, 0.2) is 24.3 Å². The van der Waals surface area contributed by atoms with Gasteiger partial charge < -0.3 is 15.3 Å². The van der Waals surface area contributed by atoms with E-state index in [0.29, 0.717) is 13.0 Å². The smallest absolute Gasteiger partial charge is 0.326 e. The molecule has 0 fully saturated rings. The molecule has 0 aliphatic carbocycles. The first-order chi connectivity index (χ1) is 10.1. The van der Waals surface area contributed by atoms with E-state index >= 15 is 0 Å². The molecular weight excluding hydrogens is 268 g/mol. The quantitative estimate of drug-likeness (QED) is 0.894. The van der Waals surface area contributed by atoms with Gasteiger partial charge in [-0.2, -0.15) is 0 Å². The first-order valence-corrected chi connectivity index (χ1v) is 7.43. The van der Waals surface area contributed by atoms with Gasteiger partial charge in [0, 0.05) is 19.0 Å². The van der Waals surface area contributed by atoms with Crippen LogP contribution in [0.4, 0.5) is 4.79 Å². The zero-order valence-corrected chi connectivity index (χ0v) is 12.5. The van der Waals surface area contributed by atoms with Crippen molar-refractivity contribution in [3.8, 4) is 0 Å². The average Bonchev–Trinajstić information content (AvgIpc) is 2.50. The fourth-order valence-electron chi connectivity index (χ4n) is 2.71. The Kier molecular flexibility index (Phi) is 4.83. The number of benzene rings is 1. The number of urea groups is 1. The minimum absolute atomic E-state index is 0.0871. The summed E-state index contributed by atoms with van der Waals surface area (Å²) >= 11 is 0.